The third-order valence-corrected chi connectivity index (χ3v) is 3.89. The Labute approximate surface area is 104 Å². The van der Waals surface area contributed by atoms with Crippen molar-refractivity contribution in [2.75, 3.05) is 13.2 Å². The van der Waals surface area contributed by atoms with Gasteiger partial charge in [0, 0.05) is 12.5 Å². The molecule has 0 aliphatic carbocycles. The highest BCUT2D eigenvalue weighted by Crippen LogP contribution is 2.35. The summed E-state index contributed by atoms with van der Waals surface area (Å²) < 4.78 is 5.37. The maximum Gasteiger partial charge on any atom is 0.0919 e. The molecule has 0 radical (unpaired) electrons. The maximum atomic E-state index is 10.6. The van der Waals surface area contributed by atoms with Crippen molar-refractivity contribution in [1.82, 2.24) is 0 Å². The maximum absolute atomic E-state index is 10.6. The molecule has 2 nitrogen and oxygen atoms in total. The van der Waals surface area contributed by atoms with E-state index in [9.17, 15) is 5.11 Å². The van der Waals surface area contributed by atoms with Crippen molar-refractivity contribution in [3.8, 4) is 0 Å². The summed E-state index contributed by atoms with van der Waals surface area (Å²) in [6.07, 6.45) is 0.943. The van der Waals surface area contributed by atoms with Crippen LogP contribution in [0.1, 0.15) is 44.2 Å². The van der Waals surface area contributed by atoms with Crippen LogP contribution in [0.15, 0.2) is 24.3 Å². The first kappa shape index (κ1) is 12.6. The Bertz CT molecular complexity index is 359. The first-order valence-electron chi connectivity index (χ1n) is 6.42. The zero-order valence-electron chi connectivity index (χ0n) is 10.9. The second-order valence-electron chi connectivity index (χ2n) is 5.48. The van der Waals surface area contributed by atoms with E-state index in [2.05, 4.69) is 26.0 Å². The van der Waals surface area contributed by atoms with Crippen molar-refractivity contribution in [3.63, 3.8) is 0 Å². The minimum atomic E-state index is -0.772. The van der Waals surface area contributed by atoms with Crippen molar-refractivity contribution >= 4 is 0 Å². The minimum Gasteiger partial charge on any atom is -0.385 e. The van der Waals surface area contributed by atoms with Gasteiger partial charge in [-0.05, 0) is 30.4 Å². The number of benzene rings is 1. The van der Waals surface area contributed by atoms with E-state index in [0.717, 1.165) is 18.6 Å². The van der Waals surface area contributed by atoms with Crippen LogP contribution < -0.4 is 0 Å². The SMILES string of the molecule is CC(C)c1ccc(C(C)(O)C2CCOC2)cc1. The molecule has 0 aromatic heterocycles. The Kier molecular flexibility index (Phi) is 3.55. The first-order chi connectivity index (χ1) is 8.01. The van der Waals surface area contributed by atoms with Crippen molar-refractivity contribution in [1.29, 1.82) is 0 Å². The predicted octanol–water partition coefficient (Wildman–Crippen LogP) is 3.05. The molecular formula is C15H22O2. The van der Waals surface area contributed by atoms with E-state index >= 15 is 0 Å². The number of ether oxygens (including phenoxy) is 1. The van der Waals surface area contributed by atoms with Crippen LogP contribution in [0.25, 0.3) is 0 Å². The molecular weight excluding hydrogens is 212 g/mol. The average molecular weight is 234 g/mol. The van der Waals surface area contributed by atoms with Crippen molar-refractivity contribution in [3.05, 3.63) is 35.4 Å². The predicted molar refractivity (Wildman–Crippen MR) is 69.0 cm³/mol. The van der Waals surface area contributed by atoms with Crippen LogP contribution >= 0.6 is 0 Å². The Balaban J connectivity index is 2.20. The third-order valence-electron chi connectivity index (χ3n) is 3.89. The van der Waals surface area contributed by atoms with Gasteiger partial charge in [0.05, 0.1) is 12.2 Å². The van der Waals surface area contributed by atoms with Gasteiger partial charge in [-0.15, -0.1) is 0 Å². The Morgan fingerprint density at radius 3 is 2.41 bits per heavy atom. The summed E-state index contributed by atoms with van der Waals surface area (Å²) >= 11 is 0. The largest absolute Gasteiger partial charge is 0.385 e. The standard InChI is InChI=1S/C15H22O2/c1-11(2)12-4-6-13(7-5-12)15(3,16)14-8-9-17-10-14/h4-7,11,14,16H,8-10H2,1-3H3. The van der Waals surface area contributed by atoms with E-state index in [1.54, 1.807) is 0 Å². The number of rotatable bonds is 3. The molecule has 1 aliphatic heterocycles. The summed E-state index contributed by atoms with van der Waals surface area (Å²) in [5, 5.41) is 10.6. The van der Waals surface area contributed by atoms with Gasteiger partial charge in [0.15, 0.2) is 0 Å². The van der Waals surface area contributed by atoms with E-state index in [0.29, 0.717) is 12.5 Å². The summed E-state index contributed by atoms with van der Waals surface area (Å²) in [6.45, 7) is 7.69. The number of aliphatic hydroxyl groups is 1. The van der Waals surface area contributed by atoms with E-state index in [1.165, 1.54) is 5.56 Å². The second kappa shape index (κ2) is 4.79. The summed E-state index contributed by atoms with van der Waals surface area (Å²) in [5.41, 5.74) is 1.54. The number of hydrogen-bond acceptors (Lipinski definition) is 2. The molecule has 0 amide bonds. The third kappa shape index (κ3) is 2.53. The molecule has 0 spiro atoms. The summed E-state index contributed by atoms with van der Waals surface area (Å²) in [7, 11) is 0. The summed E-state index contributed by atoms with van der Waals surface area (Å²) in [6, 6.07) is 8.33. The van der Waals surface area contributed by atoms with E-state index in [1.807, 2.05) is 19.1 Å². The molecule has 1 aromatic rings. The van der Waals surface area contributed by atoms with Crippen LogP contribution in [0.2, 0.25) is 0 Å². The quantitative estimate of drug-likeness (QED) is 0.871. The normalized spacial score (nSPS) is 23.9. The molecule has 94 valence electrons. The lowest BCUT2D eigenvalue weighted by Gasteiger charge is -2.29. The van der Waals surface area contributed by atoms with E-state index < -0.39 is 5.60 Å². The summed E-state index contributed by atoms with van der Waals surface area (Å²) in [5.74, 6) is 0.746. The molecule has 17 heavy (non-hydrogen) atoms. The molecule has 2 unspecified atom stereocenters. The Morgan fingerprint density at radius 1 is 1.29 bits per heavy atom. The van der Waals surface area contributed by atoms with Gasteiger partial charge in [0.1, 0.15) is 0 Å². The van der Waals surface area contributed by atoms with Crippen LogP contribution in [0.3, 0.4) is 0 Å². The molecule has 1 saturated heterocycles. The smallest absolute Gasteiger partial charge is 0.0919 e. The lowest BCUT2D eigenvalue weighted by atomic mass is 9.82. The van der Waals surface area contributed by atoms with Crippen LogP contribution in [0.5, 0.6) is 0 Å². The van der Waals surface area contributed by atoms with Gasteiger partial charge in [0.25, 0.3) is 0 Å². The Morgan fingerprint density at radius 2 is 1.94 bits per heavy atom. The van der Waals surface area contributed by atoms with Gasteiger partial charge in [-0.1, -0.05) is 38.1 Å². The van der Waals surface area contributed by atoms with Gasteiger partial charge >= 0.3 is 0 Å². The second-order valence-corrected chi connectivity index (χ2v) is 5.48. The van der Waals surface area contributed by atoms with Crippen LogP contribution in [-0.2, 0) is 10.3 Å². The Hall–Kier alpha value is -0.860. The van der Waals surface area contributed by atoms with Gasteiger partial charge in [0.2, 0.25) is 0 Å². The molecule has 2 rings (SSSR count). The molecule has 1 aromatic carbocycles. The molecule has 1 fully saturated rings. The van der Waals surface area contributed by atoms with Crippen LogP contribution in [0, 0.1) is 5.92 Å². The van der Waals surface area contributed by atoms with Crippen molar-refractivity contribution in [2.45, 2.75) is 38.7 Å². The van der Waals surface area contributed by atoms with Crippen molar-refractivity contribution in [2.24, 2.45) is 5.92 Å². The lowest BCUT2D eigenvalue weighted by Crippen LogP contribution is -2.32. The highest BCUT2D eigenvalue weighted by atomic mass is 16.5. The zero-order valence-corrected chi connectivity index (χ0v) is 10.9. The molecule has 1 aliphatic rings. The number of hydrogen-bond donors (Lipinski definition) is 1. The molecule has 2 atom stereocenters. The van der Waals surface area contributed by atoms with Crippen LogP contribution in [-0.4, -0.2) is 18.3 Å². The highest BCUT2D eigenvalue weighted by molar-refractivity contribution is 5.29. The van der Waals surface area contributed by atoms with Gasteiger partial charge in [-0.25, -0.2) is 0 Å². The average Bonchev–Trinajstić information content (AvgIpc) is 2.83. The van der Waals surface area contributed by atoms with Crippen molar-refractivity contribution < 1.29 is 9.84 Å². The first-order valence-corrected chi connectivity index (χ1v) is 6.42. The fourth-order valence-electron chi connectivity index (χ4n) is 2.42. The zero-order chi connectivity index (χ0) is 12.5. The van der Waals surface area contributed by atoms with Gasteiger partial charge < -0.3 is 9.84 Å². The summed E-state index contributed by atoms with van der Waals surface area (Å²) in [4.78, 5) is 0. The fourth-order valence-corrected chi connectivity index (χ4v) is 2.42. The highest BCUT2D eigenvalue weighted by Gasteiger charge is 2.36. The van der Waals surface area contributed by atoms with Gasteiger partial charge in [-0.2, -0.15) is 0 Å². The lowest BCUT2D eigenvalue weighted by molar-refractivity contribution is -0.00972. The molecule has 2 heteroatoms. The molecule has 1 N–H and O–H groups in total. The fraction of sp³-hybridized carbons (Fsp3) is 0.600. The van der Waals surface area contributed by atoms with E-state index in [-0.39, 0.29) is 5.92 Å². The molecule has 0 bridgehead atoms. The topological polar surface area (TPSA) is 29.5 Å². The van der Waals surface area contributed by atoms with Gasteiger partial charge in [-0.3, -0.25) is 0 Å². The minimum absolute atomic E-state index is 0.215. The molecule has 0 saturated carbocycles. The van der Waals surface area contributed by atoms with Crippen LogP contribution in [0.4, 0.5) is 0 Å². The molecule has 1 heterocycles. The monoisotopic (exact) mass is 234 g/mol. The van der Waals surface area contributed by atoms with E-state index in [4.69, 9.17) is 4.74 Å².